The molecule has 0 aliphatic carbocycles. The molecule has 0 radical (unpaired) electrons. The monoisotopic (exact) mass is 332 g/mol. The molecule has 0 atom stereocenters. The number of rotatable bonds is 5. The van der Waals surface area contributed by atoms with Crippen molar-refractivity contribution in [1.82, 2.24) is 10.2 Å². The van der Waals surface area contributed by atoms with Gasteiger partial charge in [0.25, 0.3) is 5.91 Å². The quantitative estimate of drug-likeness (QED) is 0.902. The lowest BCUT2D eigenvalue weighted by molar-refractivity contribution is -0.134. The molecule has 1 aromatic rings. The molecule has 24 heavy (non-hydrogen) atoms. The van der Waals surface area contributed by atoms with Crippen LogP contribution in [0.1, 0.15) is 40.0 Å². The molecule has 1 heterocycles. The molecule has 1 aliphatic heterocycles. The molecule has 0 aromatic heterocycles. The molecule has 0 saturated carbocycles. The number of hydrogen-bond donors (Lipinski definition) is 1. The molecule has 5 nitrogen and oxygen atoms in total. The van der Waals surface area contributed by atoms with E-state index in [2.05, 4.69) is 26.1 Å². The lowest BCUT2D eigenvalue weighted by atomic mass is 9.91. The van der Waals surface area contributed by atoms with Gasteiger partial charge in [0.15, 0.2) is 6.61 Å². The SMILES string of the molecule is CC(C)(C)CC(=O)N1CCC(NC(=O)COc2ccccc2)CC1. The minimum absolute atomic E-state index is 0.0108. The number of para-hydroxylation sites is 1. The number of benzene rings is 1. The van der Waals surface area contributed by atoms with E-state index in [1.165, 1.54) is 0 Å². The third-order valence-corrected chi connectivity index (χ3v) is 4.01. The van der Waals surface area contributed by atoms with Crippen molar-refractivity contribution < 1.29 is 14.3 Å². The molecule has 2 rings (SSSR count). The summed E-state index contributed by atoms with van der Waals surface area (Å²) in [5, 5.41) is 2.99. The van der Waals surface area contributed by atoms with Crippen molar-refractivity contribution >= 4 is 11.8 Å². The summed E-state index contributed by atoms with van der Waals surface area (Å²) in [7, 11) is 0. The van der Waals surface area contributed by atoms with Crippen LogP contribution in [-0.4, -0.2) is 42.5 Å². The zero-order chi connectivity index (χ0) is 17.6. The molecule has 132 valence electrons. The molecular weight excluding hydrogens is 304 g/mol. The van der Waals surface area contributed by atoms with Gasteiger partial charge < -0.3 is 15.0 Å². The second kappa shape index (κ2) is 8.18. The van der Waals surface area contributed by atoms with Gasteiger partial charge in [-0.3, -0.25) is 9.59 Å². The third kappa shape index (κ3) is 6.22. The van der Waals surface area contributed by atoms with Gasteiger partial charge in [0.05, 0.1) is 0 Å². The first-order valence-corrected chi connectivity index (χ1v) is 8.58. The Hall–Kier alpha value is -2.04. The highest BCUT2D eigenvalue weighted by Crippen LogP contribution is 2.21. The van der Waals surface area contributed by atoms with Crippen molar-refractivity contribution in [3.05, 3.63) is 30.3 Å². The highest BCUT2D eigenvalue weighted by Gasteiger charge is 2.26. The predicted molar refractivity (Wildman–Crippen MR) is 93.8 cm³/mol. The van der Waals surface area contributed by atoms with Crippen LogP contribution in [0, 0.1) is 5.41 Å². The van der Waals surface area contributed by atoms with Crippen LogP contribution in [-0.2, 0) is 9.59 Å². The largest absolute Gasteiger partial charge is 0.484 e. The van der Waals surface area contributed by atoms with Crippen LogP contribution in [0.2, 0.25) is 0 Å². The van der Waals surface area contributed by atoms with Crippen molar-refractivity contribution in [1.29, 1.82) is 0 Å². The Morgan fingerprint density at radius 3 is 2.38 bits per heavy atom. The Morgan fingerprint density at radius 1 is 1.17 bits per heavy atom. The zero-order valence-corrected chi connectivity index (χ0v) is 14.9. The molecule has 1 aliphatic rings. The van der Waals surface area contributed by atoms with Gasteiger partial charge in [0, 0.05) is 25.6 Å². The van der Waals surface area contributed by atoms with E-state index < -0.39 is 0 Å². The molecule has 1 fully saturated rings. The summed E-state index contributed by atoms with van der Waals surface area (Å²) in [6.07, 6.45) is 2.16. The summed E-state index contributed by atoms with van der Waals surface area (Å²) in [4.78, 5) is 26.1. The number of ether oxygens (including phenoxy) is 1. The first kappa shape index (κ1) is 18.3. The summed E-state index contributed by atoms with van der Waals surface area (Å²) >= 11 is 0. The molecule has 2 amide bonds. The van der Waals surface area contributed by atoms with Crippen LogP contribution in [0.15, 0.2) is 30.3 Å². The van der Waals surface area contributed by atoms with E-state index in [1.807, 2.05) is 35.2 Å². The fourth-order valence-corrected chi connectivity index (χ4v) is 2.77. The van der Waals surface area contributed by atoms with Gasteiger partial charge in [-0.25, -0.2) is 0 Å². The van der Waals surface area contributed by atoms with E-state index in [0.29, 0.717) is 25.3 Å². The molecule has 1 N–H and O–H groups in total. The molecule has 5 heteroatoms. The van der Waals surface area contributed by atoms with E-state index in [0.717, 1.165) is 12.8 Å². The van der Waals surface area contributed by atoms with Gasteiger partial charge in [-0.05, 0) is 30.4 Å². The fraction of sp³-hybridized carbons (Fsp3) is 0.579. The normalized spacial score (nSPS) is 15.9. The van der Waals surface area contributed by atoms with Crippen molar-refractivity contribution in [3.8, 4) is 5.75 Å². The standard InChI is InChI=1S/C19H28N2O3/c1-19(2,3)13-18(23)21-11-9-15(10-12-21)20-17(22)14-24-16-7-5-4-6-8-16/h4-8,15H,9-14H2,1-3H3,(H,20,22). The number of carbonyl (C=O) groups excluding carboxylic acids is 2. The Labute approximate surface area is 144 Å². The van der Waals surface area contributed by atoms with E-state index in [1.54, 1.807) is 0 Å². The number of carbonyl (C=O) groups is 2. The smallest absolute Gasteiger partial charge is 0.258 e. The van der Waals surface area contributed by atoms with E-state index >= 15 is 0 Å². The lowest BCUT2D eigenvalue weighted by Gasteiger charge is -2.34. The number of piperidine rings is 1. The van der Waals surface area contributed by atoms with Crippen LogP contribution in [0.3, 0.4) is 0 Å². The second-order valence-corrected chi connectivity index (χ2v) is 7.56. The number of amides is 2. The number of nitrogens with zero attached hydrogens (tertiary/aromatic N) is 1. The first-order chi connectivity index (χ1) is 11.3. The van der Waals surface area contributed by atoms with Crippen LogP contribution < -0.4 is 10.1 Å². The summed E-state index contributed by atoms with van der Waals surface area (Å²) in [5.74, 6) is 0.785. The maximum atomic E-state index is 12.2. The van der Waals surface area contributed by atoms with Crippen LogP contribution in [0.25, 0.3) is 0 Å². The molecule has 1 aromatic carbocycles. The van der Waals surface area contributed by atoms with E-state index in [-0.39, 0.29) is 29.9 Å². The Balaban J connectivity index is 1.69. The highest BCUT2D eigenvalue weighted by atomic mass is 16.5. The lowest BCUT2D eigenvalue weighted by Crippen LogP contribution is -2.48. The molecule has 0 bridgehead atoms. The summed E-state index contributed by atoms with van der Waals surface area (Å²) < 4.78 is 5.45. The van der Waals surface area contributed by atoms with Crippen molar-refractivity contribution in [3.63, 3.8) is 0 Å². The van der Waals surface area contributed by atoms with E-state index in [4.69, 9.17) is 4.74 Å². The zero-order valence-electron chi connectivity index (χ0n) is 14.9. The van der Waals surface area contributed by atoms with Gasteiger partial charge >= 0.3 is 0 Å². The Bertz CT molecular complexity index is 543. The van der Waals surface area contributed by atoms with Crippen molar-refractivity contribution in [2.45, 2.75) is 46.1 Å². The summed E-state index contributed by atoms with van der Waals surface area (Å²) in [6.45, 7) is 7.66. The van der Waals surface area contributed by atoms with Gasteiger partial charge in [-0.2, -0.15) is 0 Å². The predicted octanol–water partition coefficient (Wildman–Crippen LogP) is 2.61. The molecule has 1 saturated heterocycles. The highest BCUT2D eigenvalue weighted by molar-refractivity contribution is 5.78. The van der Waals surface area contributed by atoms with Gasteiger partial charge in [0.1, 0.15) is 5.75 Å². The maximum absolute atomic E-state index is 12.2. The van der Waals surface area contributed by atoms with E-state index in [9.17, 15) is 9.59 Å². The van der Waals surface area contributed by atoms with Gasteiger partial charge in [0.2, 0.25) is 5.91 Å². The van der Waals surface area contributed by atoms with Gasteiger partial charge in [-0.15, -0.1) is 0 Å². The number of hydrogen-bond acceptors (Lipinski definition) is 3. The summed E-state index contributed by atoms with van der Waals surface area (Å²) in [5.41, 5.74) is 0.0108. The average molecular weight is 332 g/mol. The number of nitrogens with one attached hydrogen (secondary N) is 1. The maximum Gasteiger partial charge on any atom is 0.258 e. The Kier molecular flexibility index (Phi) is 6.23. The second-order valence-electron chi connectivity index (χ2n) is 7.56. The topological polar surface area (TPSA) is 58.6 Å². The minimum atomic E-state index is -0.113. The van der Waals surface area contributed by atoms with Crippen LogP contribution >= 0.6 is 0 Å². The Morgan fingerprint density at radius 2 is 1.79 bits per heavy atom. The van der Waals surface area contributed by atoms with Crippen molar-refractivity contribution in [2.24, 2.45) is 5.41 Å². The van der Waals surface area contributed by atoms with Gasteiger partial charge in [-0.1, -0.05) is 39.0 Å². The number of likely N-dealkylation sites (tertiary alicyclic amines) is 1. The molecule has 0 unspecified atom stereocenters. The third-order valence-electron chi connectivity index (χ3n) is 4.01. The molecule has 0 spiro atoms. The fourth-order valence-electron chi connectivity index (χ4n) is 2.77. The average Bonchev–Trinajstić information content (AvgIpc) is 2.53. The van der Waals surface area contributed by atoms with Crippen LogP contribution in [0.4, 0.5) is 0 Å². The summed E-state index contributed by atoms with van der Waals surface area (Å²) in [6, 6.07) is 9.42. The minimum Gasteiger partial charge on any atom is -0.484 e. The van der Waals surface area contributed by atoms with Crippen molar-refractivity contribution in [2.75, 3.05) is 19.7 Å². The molecular formula is C19H28N2O3. The van der Waals surface area contributed by atoms with Crippen LogP contribution in [0.5, 0.6) is 5.75 Å². The first-order valence-electron chi connectivity index (χ1n) is 8.58.